The first kappa shape index (κ1) is 21.9. The van der Waals surface area contributed by atoms with Gasteiger partial charge in [-0.25, -0.2) is 4.39 Å². The Bertz CT molecular complexity index is 1280. The van der Waals surface area contributed by atoms with Crippen LogP contribution in [0.25, 0.3) is 39.5 Å². The Morgan fingerprint density at radius 3 is 1.81 bits per heavy atom. The van der Waals surface area contributed by atoms with E-state index >= 15 is 4.39 Å². The predicted molar refractivity (Wildman–Crippen MR) is 132 cm³/mol. The smallest absolute Gasteiger partial charge is 0.139 e. The van der Waals surface area contributed by atoms with Gasteiger partial charge in [-0.3, -0.25) is 0 Å². The van der Waals surface area contributed by atoms with Crippen LogP contribution in [0.1, 0.15) is 5.56 Å². The summed E-state index contributed by atoms with van der Waals surface area (Å²) in [7, 11) is 0. The molecule has 0 atom stereocenters. The molecule has 4 aromatic rings. The van der Waals surface area contributed by atoms with E-state index in [9.17, 15) is 0 Å². The maximum Gasteiger partial charge on any atom is 0.139 e. The second-order valence-electron chi connectivity index (χ2n) is 6.82. The van der Waals surface area contributed by atoms with Crippen LogP contribution in [-0.4, -0.2) is 0 Å². The third-order valence-electron chi connectivity index (χ3n) is 4.90. The summed E-state index contributed by atoms with van der Waals surface area (Å²) >= 11 is 24.6. The van der Waals surface area contributed by atoms with E-state index in [4.69, 9.17) is 46.4 Å². The highest BCUT2D eigenvalue weighted by molar-refractivity contribution is 6.36. The second kappa shape index (κ2) is 9.06. The minimum Gasteiger partial charge on any atom is -0.206 e. The van der Waals surface area contributed by atoms with E-state index in [0.29, 0.717) is 53.5 Å². The zero-order valence-electron chi connectivity index (χ0n) is 16.0. The van der Waals surface area contributed by atoms with Crippen molar-refractivity contribution in [3.05, 3.63) is 111 Å². The molecule has 0 aromatic heterocycles. The van der Waals surface area contributed by atoms with Crippen LogP contribution in [0.4, 0.5) is 4.39 Å². The van der Waals surface area contributed by atoms with Crippen molar-refractivity contribution in [1.82, 2.24) is 0 Å². The van der Waals surface area contributed by atoms with Crippen LogP contribution in [0.15, 0.2) is 73.3 Å². The maximum atomic E-state index is 16.0. The van der Waals surface area contributed by atoms with Crippen LogP contribution in [0, 0.1) is 11.9 Å². The molecule has 0 heterocycles. The molecule has 0 saturated carbocycles. The average molecular weight is 487 g/mol. The number of halogens is 5. The molecular formula is C26H14Cl4F. The van der Waals surface area contributed by atoms with Gasteiger partial charge in [-0.15, -0.1) is 0 Å². The SMILES string of the molecule is C=Cc1c(-c2ccc(Cl)cc2Cl)[c]c(-c2ccc(Cl)cc2)c(-c2ccc(Cl)cc2)c1F. The predicted octanol–water partition coefficient (Wildman–Crippen LogP) is 9.88. The molecule has 0 spiro atoms. The molecule has 0 aliphatic carbocycles. The lowest BCUT2D eigenvalue weighted by Gasteiger charge is -2.18. The topological polar surface area (TPSA) is 0 Å². The zero-order valence-corrected chi connectivity index (χ0v) is 19.0. The highest BCUT2D eigenvalue weighted by atomic mass is 35.5. The Hall–Kier alpha value is -2.29. The van der Waals surface area contributed by atoms with E-state index in [1.54, 1.807) is 54.6 Å². The van der Waals surface area contributed by atoms with Gasteiger partial charge >= 0.3 is 0 Å². The van der Waals surface area contributed by atoms with Gasteiger partial charge in [0.2, 0.25) is 0 Å². The summed E-state index contributed by atoms with van der Waals surface area (Å²) in [6, 6.07) is 22.6. The van der Waals surface area contributed by atoms with Crippen LogP contribution < -0.4 is 0 Å². The Balaban J connectivity index is 2.08. The number of hydrogen-bond donors (Lipinski definition) is 0. The van der Waals surface area contributed by atoms with Gasteiger partial charge in [0, 0.05) is 54.0 Å². The maximum absolute atomic E-state index is 16.0. The van der Waals surface area contributed by atoms with Crippen molar-refractivity contribution < 1.29 is 4.39 Å². The van der Waals surface area contributed by atoms with Crippen LogP contribution >= 0.6 is 46.4 Å². The molecule has 0 bridgehead atoms. The normalized spacial score (nSPS) is 10.9. The Morgan fingerprint density at radius 1 is 0.710 bits per heavy atom. The Morgan fingerprint density at radius 2 is 1.26 bits per heavy atom. The summed E-state index contributed by atoms with van der Waals surface area (Å²) in [5.41, 5.74) is 3.79. The standard InChI is InChI=1S/C26H14Cl4F/c1-2-20-23(21-12-11-19(29)13-24(21)30)14-22(15-3-7-17(27)8-4-15)25(26(20)31)16-5-9-18(28)10-6-16/h2-13H,1H2. The van der Waals surface area contributed by atoms with Gasteiger partial charge in [-0.1, -0.05) is 89.4 Å². The van der Waals surface area contributed by atoms with E-state index < -0.39 is 5.82 Å². The fraction of sp³-hybridized carbons (Fsp3) is 0. The summed E-state index contributed by atoms with van der Waals surface area (Å²) < 4.78 is 16.0. The molecule has 5 heteroatoms. The van der Waals surface area contributed by atoms with E-state index in [1.807, 2.05) is 12.1 Å². The Kier molecular flexibility index (Phi) is 6.41. The molecule has 0 unspecified atom stereocenters. The summed E-state index contributed by atoms with van der Waals surface area (Å²) in [5.74, 6) is -0.429. The first-order valence-corrected chi connectivity index (χ1v) is 10.8. The molecule has 1 radical (unpaired) electrons. The molecular weight excluding hydrogens is 473 g/mol. The highest BCUT2D eigenvalue weighted by Gasteiger charge is 2.21. The van der Waals surface area contributed by atoms with Crippen molar-refractivity contribution in [2.24, 2.45) is 0 Å². The molecule has 0 saturated heterocycles. The van der Waals surface area contributed by atoms with Crippen molar-refractivity contribution in [2.75, 3.05) is 0 Å². The molecule has 4 aromatic carbocycles. The van der Waals surface area contributed by atoms with Gasteiger partial charge in [0.25, 0.3) is 0 Å². The van der Waals surface area contributed by atoms with Gasteiger partial charge in [0.1, 0.15) is 5.82 Å². The van der Waals surface area contributed by atoms with Crippen LogP contribution in [0.5, 0.6) is 0 Å². The highest BCUT2D eigenvalue weighted by Crippen LogP contribution is 2.43. The van der Waals surface area contributed by atoms with Gasteiger partial charge in [0.05, 0.1) is 0 Å². The van der Waals surface area contributed by atoms with Crippen LogP contribution in [0.2, 0.25) is 20.1 Å². The summed E-state index contributed by atoms with van der Waals surface area (Å²) in [5, 5.41) is 2.04. The second-order valence-corrected chi connectivity index (χ2v) is 8.54. The quantitative estimate of drug-likeness (QED) is 0.269. The molecule has 153 valence electrons. The average Bonchev–Trinajstić information content (AvgIpc) is 2.75. The molecule has 0 fully saturated rings. The number of rotatable bonds is 4. The first-order chi connectivity index (χ1) is 14.9. The van der Waals surface area contributed by atoms with E-state index in [1.165, 1.54) is 6.08 Å². The molecule has 4 rings (SSSR count). The molecule has 0 nitrogen and oxygen atoms in total. The van der Waals surface area contributed by atoms with E-state index in [-0.39, 0.29) is 0 Å². The fourth-order valence-electron chi connectivity index (χ4n) is 3.43. The lowest BCUT2D eigenvalue weighted by molar-refractivity contribution is 0.629. The van der Waals surface area contributed by atoms with Gasteiger partial charge in [0.15, 0.2) is 0 Å². The van der Waals surface area contributed by atoms with Crippen molar-refractivity contribution in [1.29, 1.82) is 0 Å². The monoisotopic (exact) mass is 485 g/mol. The Labute approximate surface area is 200 Å². The van der Waals surface area contributed by atoms with Crippen molar-refractivity contribution in [2.45, 2.75) is 0 Å². The summed E-state index contributed by atoms with van der Waals surface area (Å²) in [4.78, 5) is 0. The van der Waals surface area contributed by atoms with Gasteiger partial charge < -0.3 is 0 Å². The largest absolute Gasteiger partial charge is 0.206 e. The lowest BCUT2D eigenvalue weighted by Crippen LogP contribution is -1.98. The molecule has 31 heavy (non-hydrogen) atoms. The third kappa shape index (κ3) is 4.37. The minimum atomic E-state index is -0.429. The van der Waals surface area contributed by atoms with Gasteiger partial charge in [-0.05, 0) is 47.5 Å². The van der Waals surface area contributed by atoms with Gasteiger partial charge in [-0.2, -0.15) is 0 Å². The summed E-state index contributed by atoms with van der Waals surface area (Å²) in [6.45, 7) is 3.82. The third-order valence-corrected chi connectivity index (χ3v) is 5.95. The number of benzene rings is 4. The molecule has 0 aliphatic rings. The lowest BCUT2D eigenvalue weighted by atomic mass is 9.87. The minimum absolute atomic E-state index is 0.298. The molecule has 0 N–H and O–H groups in total. The molecule has 0 aliphatic heterocycles. The fourth-order valence-corrected chi connectivity index (χ4v) is 4.18. The van der Waals surface area contributed by atoms with Crippen LogP contribution in [0.3, 0.4) is 0 Å². The van der Waals surface area contributed by atoms with Crippen molar-refractivity contribution in [3.8, 4) is 33.4 Å². The number of hydrogen-bond acceptors (Lipinski definition) is 0. The van der Waals surface area contributed by atoms with E-state index in [0.717, 1.165) is 5.56 Å². The molecule has 0 amide bonds. The van der Waals surface area contributed by atoms with Crippen molar-refractivity contribution >= 4 is 52.5 Å². The van der Waals surface area contributed by atoms with Crippen LogP contribution in [-0.2, 0) is 0 Å². The first-order valence-electron chi connectivity index (χ1n) is 9.27. The zero-order chi connectivity index (χ0) is 22.1. The summed E-state index contributed by atoms with van der Waals surface area (Å²) in [6.07, 6.45) is 1.47. The van der Waals surface area contributed by atoms with E-state index in [2.05, 4.69) is 12.6 Å². The van der Waals surface area contributed by atoms with Crippen molar-refractivity contribution in [3.63, 3.8) is 0 Å².